The number of aryl methyl sites for hydroxylation is 2. The molecule has 8 heteroatoms. The number of carbonyl (C=O) groups excluding carboxylic acids is 2. The molecule has 2 aromatic rings. The summed E-state index contributed by atoms with van der Waals surface area (Å²) in [6.07, 6.45) is 6.38. The summed E-state index contributed by atoms with van der Waals surface area (Å²) in [5, 5.41) is 3.94. The fourth-order valence-corrected chi connectivity index (χ4v) is 3.65. The van der Waals surface area contributed by atoms with Crippen LogP contribution < -0.4 is 5.73 Å². The summed E-state index contributed by atoms with van der Waals surface area (Å²) in [4.78, 5) is 30.2. The topological polar surface area (TPSA) is 107 Å². The Kier molecular flexibility index (Phi) is 5.39. The van der Waals surface area contributed by atoms with E-state index in [0.29, 0.717) is 19.4 Å². The quantitative estimate of drug-likeness (QED) is 0.837. The van der Waals surface area contributed by atoms with Crippen molar-refractivity contribution in [2.75, 3.05) is 13.1 Å². The SMILES string of the molecule is Cc1noc(C)c1CCC(=O)N1CCC[C@@H](c2nccn2CC(N)=O)C1. The molecule has 0 spiro atoms. The molecule has 140 valence electrons. The molecule has 2 N–H and O–H groups in total. The van der Waals surface area contributed by atoms with Crippen molar-refractivity contribution in [1.82, 2.24) is 19.6 Å². The molecule has 3 heterocycles. The average Bonchev–Trinajstić information content (AvgIpc) is 3.19. The van der Waals surface area contributed by atoms with E-state index in [0.717, 1.165) is 42.2 Å². The third kappa shape index (κ3) is 3.95. The van der Waals surface area contributed by atoms with Crippen LogP contribution in [0.15, 0.2) is 16.9 Å². The highest BCUT2D eigenvalue weighted by molar-refractivity contribution is 5.76. The van der Waals surface area contributed by atoms with Gasteiger partial charge in [0.1, 0.15) is 18.1 Å². The van der Waals surface area contributed by atoms with Gasteiger partial charge >= 0.3 is 0 Å². The Hall–Kier alpha value is -2.64. The predicted molar refractivity (Wildman–Crippen MR) is 94.3 cm³/mol. The minimum Gasteiger partial charge on any atom is -0.368 e. The number of hydrogen-bond acceptors (Lipinski definition) is 5. The van der Waals surface area contributed by atoms with Crippen LogP contribution in [0.4, 0.5) is 0 Å². The molecule has 0 radical (unpaired) electrons. The zero-order valence-electron chi connectivity index (χ0n) is 15.3. The number of hydrogen-bond donors (Lipinski definition) is 1. The second-order valence-corrected chi connectivity index (χ2v) is 6.86. The van der Waals surface area contributed by atoms with Gasteiger partial charge in [-0.3, -0.25) is 9.59 Å². The zero-order valence-corrected chi connectivity index (χ0v) is 15.3. The van der Waals surface area contributed by atoms with E-state index in [1.807, 2.05) is 18.7 Å². The fourth-order valence-electron chi connectivity index (χ4n) is 3.65. The van der Waals surface area contributed by atoms with Crippen LogP contribution in [0.2, 0.25) is 0 Å². The third-order valence-electron chi connectivity index (χ3n) is 4.98. The molecule has 0 saturated carbocycles. The lowest BCUT2D eigenvalue weighted by molar-refractivity contribution is -0.132. The number of rotatable bonds is 6. The lowest BCUT2D eigenvalue weighted by Gasteiger charge is -2.32. The van der Waals surface area contributed by atoms with E-state index in [9.17, 15) is 9.59 Å². The Morgan fingerprint density at radius 2 is 2.19 bits per heavy atom. The summed E-state index contributed by atoms with van der Waals surface area (Å²) in [7, 11) is 0. The number of aromatic nitrogens is 3. The van der Waals surface area contributed by atoms with E-state index < -0.39 is 5.91 Å². The molecular weight excluding hydrogens is 334 g/mol. The van der Waals surface area contributed by atoms with E-state index in [1.54, 1.807) is 17.0 Å². The van der Waals surface area contributed by atoms with Gasteiger partial charge in [0.05, 0.1) is 5.69 Å². The van der Waals surface area contributed by atoms with E-state index >= 15 is 0 Å². The van der Waals surface area contributed by atoms with E-state index in [1.165, 1.54) is 0 Å². The van der Waals surface area contributed by atoms with Crippen molar-refractivity contribution in [1.29, 1.82) is 0 Å². The lowest BCUT2D eigenvalue weighted by Crippen LogP contribution is -2.40. The van der Waals surface area contributed by atoms with Crippen LogP contribution in [-0.2, 0) is 22.6 Å². The number of imidazole rings is 1. The standard InChI is InChI=1S/C18H25N5O3/c1-12-15(13(2)26-21-12)5-6-17(25)22-8-3-4-14(10-22)18-20-7-9-23(18)11-16(19)24/h7,9,14H,3-6,8,10-11H2,1-2H3,(H2,19,24)/t14-/m1/s1. The lowest BCUT2D eigenvalue weighted by atomic mass is 9.96. The van der Waals surface area contributed by atoms with Crippen LogP contribution in [0.25, 0.3) is 0 Å². The number of piperidine rings is 1. The minimum atomic E-state index is -0.396. The predicted octanol–water partition coefficient (Wildman–Crippen LogP) is 1.31. The average molecular weight is 359 g/mol. The van der Waals surface area contributed by atoms with E-state index in [2.05, 4.69) is 10.1 Å². The van der Waals surface area contributed by atoms with Crippen LogP contribution in [0.3, 0.4) is 0 Å². The van der Waals surface area contributed by atoms with Gasteiger partial charge in [0.25, 0.3) is 0 Å². The van der Waals surface area contributed by atoms with Gasteiger partial charge < -0.3 is 19.7 Å². The summed E-state index contributed by atoms with van der Waals surface area (Å²) in [6, 6.07) is 0. The van der Waals surface area contributed by atoms with Crippen LogP contribution in [0.5, 0.6) is 0 Å². The summed E-state index contributed by atoms with van der Waals surface area (Å²) < 4.78 is 6.94. The first kappa shape index (κ1) is 18.2. The number of nitrogens with two attached hydrogens (primary N) is 1. The molecule has 2 aromatic heterocycles. The number of carbonyl (C=O) groups is 2. The molecule has 26 heavy (non-hydrogen) atoms. The van der Waals surface area contributed by atoms with Gasteiger partial charge in [-0.15, -0.1) is 0 Å². The summed E-state index contributed by atoms with van der Waals surface area (Å²) in [5.74, 6) is 1.46. The molecular formula is C18H25N5O3. The van der Waals surface area contributed by atoms with Gasteiger partial charge in [0.2, 0.25) is 11.8 Å². The number of nitrogens with zero attached hydrogens (tertiary/aromatic N) is 4. The first-order valence-corrected chi connectivity index (χ1v) is 8.94. The molecule has 1 aliphatic heterocycles. The molecule has 2 amide bonds. The van der Waals surface area contributed by atoms with Crippen LogP contribution in [0, 0.1) is 13.8 Å². The Morgan fingerprint density at radius 1 is 1.38 bits per heavy atom. The molecule has 1 saturated heterocycles. The van der Waals surface area contributed by atoms with E-state index in [-0.39, 0.29) is 18.4 Å². The van der Waals surface area contributed by atoms with Gasteiger partial charge in [0, 0.05) is 43.4 Å². The van der Waals surface area contributed by atoms with Gasteiger partial charge in [0.15, 0.2) is 0 Å². The van der Waals surface area contributed by atoms with Crippen LogP contribution >= 0.6 is 0 Å². The number of likely N-dealkylation sites (tertiary alicyclic amines) is 1. The highest BCUT2D eigenvalue weighted by Gasteiger charge is 2.27. The monoisotopic (exact) mass is 359 g/mol. The van der Waals surface area contributed by atoms with Crippen molar-refractivity contribution >= 4 is 11.8 Å². The molecule has 0 aliphatic carbocycles. The van der Waals surface area contributed by atoms with Gasteiger partial charge in [-0.1, -0.05) is 5.16 Å². The van der Waals surface area contributed by atoms with Gasteiger partial charge in [-0.05, 0) is 33.1 Å². The Morgan fingerprint density at radius 3 is 2.88 bits per heavy atom. The van der Waals surface area contributed by atoms with Crippen molar-refractivity contribution in [3.05, 3.63) is 35.2 Å². The maximum absolute atomic E-state index is 12.7. The summed E-state index contributed by atoms with van der Waals surface area (Å²) >= 11 is 0. The number of primary amides is 1. The second-order valence-electron chi connectivity index (χ2n) is 6.86. The molecule has 8 nitrogen and oxygen atoms in total. The molecule has 1 aliphatic rings. The maximum Gasteiger partial charge on any atom is 0.237 e. The van der Waals surface area contributed by atoms with Gasteiger partial charge in [-0.25, -0.2) is 4.98 Å². The van der Waals surface area contributed by atoms with Crippen molar-refractivity contribution in [2.24, 2.45) is 5.73 Å². The molecule has 1 fully saturated rings. The Bertz CT molecular complexity index is 775. The second kappa shape index (κ2) is 7.72. The van der Waals surface area contributed by atoms with Crippen LogP contribution in [0.1, 0.15) is 48.0 Å². The highest BCUT2D eigenvalue weighted by atomic mass is 16.5. The Labute approximate surface area is 152 Å². The van der Waals surface area contributed by atoms with Crippen molar-refractivity contribution in [3.63, 3.8) is 0 Å². The first-order chi connectivity index (χ1) is 12.5. The third-order valence-corrected chi connectivity index (χ3v) is 4.98. The van der Waals surface area contributed by atoms with Crippen molar-refractivity contribution in [3.8, 4) is 0 Å². The molecule has 0 bridgehead atoms. The maximum atomic E-state index is 12.7. The van der Waals surface area contributed by atoms with Crippen molar-refractivity contribution < 1.29 is 14.1 Å². The largest absolute Gasteiger partial charge is 0.368 e. The van der Waals surface area contributed by atoms with Gasteiger partial charge in [-0.2, -0.15) is 0 Å². The minimum absolute atomic E-state index is 0.117. The summed E-state index contributed by atoms with van der Waals surface area (Å²) in [6.45, 7) is 5.26. The Balaban J connectivity index is 1.62. The zero-order chi connectivity index (χ0) is 18.7. The van der Waals surface area contributed by atoms with Crippen LogP contribution in [-0.4, -0.2) is 44.5 Å². The summed E-state index contributed by atoms with van der Waals surface area (Å²) in [5.41, 5.74) is 7.17. The number of amides is 2. The first-order valence-electron chi connectivity index (χ1n) is 8.94. The normalized spacial score (nSPS) is 17.5. The molecule has 0 aromatic carbocycles. The fraction of sp³-hybridized carbons (Fsp3) is 0.556. The molecule has 0 unspecified atom stereocenters. The smallest absolute Gasteiger partial charge is 0.237 e. The molecule has 3 rings (SSSR count). The molecule has 1 atom stereocenters. The highest BCUT2D eigenvalue weighted by Crippen LogP contribution is 2.26. The van der Waals surface area contributed by atoms with Crippen molar-refractivity contribution in [2.45, 2.75) is 52.0 Å². The van der Waals surface area contributed by atoms with E-state index in [4.69, 9.17) is 10.3 Å².